The smallest absolute Gasteiger partial charge is 0.305 e. The fourth-order valence-electron chi connectivity index (χ4n) is 1.90. The van der Waals surface area contributed by atoms with Gasteiger partial charge in [-0.25, -0.2) is 0 Å². The minimum atomic E-state index is -0.944. The highest BCUT2D eigenvalue weighted by Gasteiger charge is 2.13. The maximum atomic E-state index is 12.1. The van der Waals surface area contributed by atoms with Crippen molar-refractivity contribution in [3.05, 3.63) is 52.2 Å². The molecule has 0 radical (unpaired) electrons. The summed E-state index contributed by atoms with van der Waals surface area (Å²) in [4.78, 5) is 23.8. The van der Waals surface area contributed by atoms with Crippen LogP contribution in [0.15, 0.2) is 41.8 Å². The Bertz CT molecular complexity index is 639. The van der Waals surface area contributed by atoms with E-state index in [4.69, 9.17) is 9.84 Å². The summed E-state index contributed by atoms with van der Waals surface area (Å²) in [7, 11) is 0. The van der Waals surface area contributed by atoms with Gasteiger partial charge in [-0.2, -0.15) is 0 Å². The van der Waals surface area contributed by atoms with Crippen LogP contribution >= 0.6 is 11.3 Å². The average Bonchev–Trinajstić information content (AvgIpc) is 2.97. The van der Waals surface area contributed by atoms with Crippen molar-refractivity contribution in [2.75, 3.05) is 0 Å². The van der Waals surface area contributed by atoms with Crippen molar-refractivity contribution < 1.29 is 19.4 Å². The Morgan fingerprint density at radius 1 is 1.32 bits per heavy atom. The van der Waals surface area contributed by atoms with Crippen LogP contribution in [-0.2, 0) is 11.4 Å². The number of aliphatic carboxylic acids is 1. The van der Waals surface area contributed by atoms with Gasteiger partial charge in [-0.15, -0.1) is 11.3 Å². The maximum Gasteiger partial charge on any atom is 0.305 e. The third-order valence-corrected chi connectivity index (χ3v) is 3.77. The van der Waals surface area contributed by atoms with Gasteiger partial charge in [0.25, 0.3) is 5.91 Å². The molecule has 0 aliphatic rings. The molecule has 2 N–H and O–H groups in total. The Morgan fingerprint density at radius 3 is 2.82 bits per heavy atom. The van der Waals surface area contributed by atoms with Gasteiger partial charge < -0.3 is 15.2 Å². The molecule has 1 aromatic heterocycles. The van der Waals surface area contributed by atoms with Gasteiger partial charge in [-0.3, -0.25) is 9.59 Å². The predicted octanol–water partition coefficient (Wildman–Crippen LogP) is 2.92. The van der Waals surface area contributed by atoms with Crippen LogP contribution in [-0.4, -0.2) is 23.0 Å². The summed E-state index contributed by atoms with van der Waals surface area (Å²) in [6.45, 7) is 2.11. The fourth-order valence-corrected chi connectivity index (χ4v) is 2.51. The standard InChI is InChI=1S/C16H17NO4S/c1-11(8-15(18)19)17-16(20)12-4-2-5-13(9-12)21-10-14-6-3-7-22-14/h2-7,9,11H,8,10H2,1H3,(H,17,20)(H,18,19). The lowest BCUT2D eigenvalue weighted by atomic mass is 10.1. The monoisotopic (exact) mass is 319 g/mol. The molecule has 1 amide bonds. The second-order valence-corrected chi connectivity index (χ2v) is 5.90. The predicted molar refractivity (Wildman–Crippen MR) is 84.3 cm³/mol. The molecule has 1 heterocycles. The third kappa shape index (κ3) is 4.89. The molecule has 1 aromatic carbocycles. The van der Waals surface area contributed by atoms with E-state index in [0.717, 1.165) is 4.88 Å². The number of carboxylic acid groups (broad SMARTS) is 1. The number of carboxylic acids is 1. The summed E-state index contributed by atoms with van der Waals surface area (Å²) in [5.74, 6) is -0.650. The molecule has 1 unspecified atom stereocenters. The first-order chi connectivity index (χ1) is 10.5. The lowest BCUT2D eigenvalue weighted by molar-refractivity contribution is -0.137. The molecule has 0 saturated carbocycles. The SMILES string of the molecule is CC(CC(=O)O)NC(=O)c1cccc(OCc2cccs2)c1. The summed E-state index contributed by atoms with van der Waals surface area (Å²) >= 11 is 1.61. The first-order valence-electron chi connectivity index (χ1n) is 6.82. The number of carbonyl (C=O) groups excluding carboxylic acids is 1. The van der Waals surface area contributed by atoms with Gasteiger partial charge in [0.2, 0.25) is 0 Å². The van der Waals surface area contributed by atoms with E-state index in [1.54, 1.807) is 42.5 Å². The zero-order valence-corrected chi connectivity index (χ0v) is 12.9. The van der Waals surface area contributed by atoms with Crippen LogP contribution in [0.2, 0.25) is 0 Å². The summed E-state index contributed by atoms with van der Waals surface area (Å²) in [5.41, 5.74) is 0.445. The van der Waals surface area contributed by atoms with E-state index in [2.05, 4.69) is 5.32 Å². The second-order valence-electron chi connectivity index (χ2n) is 4.87. The summed E-state index contributed by atoms with van der Waals surface area (Å²) in [6.07, 6.45) is -0.111. The molecule has 116 valence electrons. The van der Waals surface area contributed by atoms with Crippen LogP contribution in [0, 0.1) is 0 Å². The Hall–Kier alpha value is -2.34. The summed E-state index contributed by atoms with van der Waals surface area (Å²) < 4.78 is 5.65. The Balaban J connectivity index is 1.95. The lowest BCUT2D eigenvalue weighted by Gasteiger charge is -2.12. The quantitative estimate of drug-likeness (QED) is 0.823. The lowest BCUT2D eigenvalue weighted by Crippen LogP contribution is -2.34. The largest absolute Gasteiger partial charge is 0.488 e. The van der Waals surface area contributed by atoms with Crippen molar-refractivity contribution in [1.82, 2.24) is 5.32 Å². The molecule has 0 spiro atoms. The fraction of sp³-hybridized carbons (Fsp3) is 0.250. The van der Waals surface area contributed by atoms with Gasteiger partial charge >= 0.3 is 5.97 Å². The van der Waals surface area contributed by atoms with E-state index < -0.39 is 12.0 Å². The van der Waals surface area contributed by atoms with E-state index in [9.17, 15) is 9.59 Å². The van der Waals surface area contributed by atoms with E-state index >= 15 is 0 Å². The molecule has 0 saturated heterocycles. The maximum absolute atomic E-state index is 12.1. The molecular weight excluding hydrogens is 302 g/mol. The van der Waals surface area contributed by atoms with E-state index in [-0.39, 0.29) is 12.3 Å². The highest BCUT2D eigenvalue weighted by molar-refractivity contribution is 7.09. The molecule has 6 heteroatoms. The van der Waals surface area contributed by atoms with Crippen molar-refractivity contribution in [2.45, 2.75) is 26.0 Å². The topological polar surface area (TPSA) is 75.6 Å². The molecule has 1 atom stereocenters. The van der Waals surface area contributed by atoms with E-state index in [1.165, 1.54) is 0 Å². The number of hydrogen-bond donors (Lipinski definition) is 2. The molecule has 0 aliphatic carbocycles. The van der Waals surface area contributed by atoms with Crippen molar-refractivity contribution in [3.63, 3.8) is 0 Å². The molecule has 0 fully saturated rings. The molecule has 5 nitrogen and oxygen atoms in total. The molecule has 2 aromatic rings. The van der Waals surface area contributed by atoms with Gasteiger partial charge in [-0.1, -0.05) is 12.1 Å². The highest BCUT2D eigenvalue weighted by atomic mass is 32.1. The second kappa shape index (κ2) is 7.61. The Morgan fingerprint density at radius 2 is 2.14 bits per heavy atom. The zero-order chi connectivity index (χ0) is 15.9. The van der Waals surface area contributed by atoms with E-state index in [0.29, 0.717) is 17.9 Å². The number of thiophene rings is 1. The van der Waals surface area contributed by atoms with Gasteiger partial charge in [0.15, 0.2) is 0 Å². The van der Waals surface area contributed by atoms with Crippen molar-refractivity contribution in [2.24, 2.45) is 0 Å². The summed E-state index contributed by atoms with van der Waals surface area (Å²) in [5, 5.41) is 13.3. The number of ether oxygens (including phenoxy) is 1. The van der Waals surface area contributed by atoms with Crippen LogP contribution in [0.25, 0.3) is 0 Å². The van der Waals surface area contributed by atoms with Crippen LogP contribution in [0.3, 0.4) is 0 Å². The number of amides is 1. The number of carbonyl (C=O) groups is 2. The summed E-state index contributed by atoms with van der Waals surface area (Å²) in [6, 6.07) is 10.3. The Labute approximate surface area is 132 Å². The third-order valence-electron chi connectivity index (χ3n) is 2.92. The van der Waals surface area contributed by atoms with Crippen molar-refractivity contribution in [3.8, 4) is 5.75 Å². The molecule has 2 rings (SSSR count). The van der Waals surface area contributed by atoms with Gasteiger partial charge in [-0.05, 0) is 36.6 Å². The minimum absolute atomic E-state index is 0.111. The number of rotatable bonds is 7. The normalized spacial score (nSPS) is 11.7. The minimum Gasteiger partial charge on any atom is -0.488 e. The van der Waals surface area contributed by atoms with Crippen LogP contribution < -0.4 is 10.1 Å². The van der Waals surface area contributed by atoms with Crippen LogP contribution in [0.4, 0.5) is 0 Å². The number of benzene rings is 1. The highest BCUT2D eigenvalue weighted by Crippen LogP contribution is 2.17. The number of nitrogens with one attached hydrogen (secondary N) is 1. The van der Waals surface area contributed by atoms with Crippen LogP contribution in [0.5, 0.6) is 5.75 Å². The number of hydrogen-bond acceptors (Lipinski definition) is 4. The van der Waals surface area contributed by atoms with Crippen LogP contribution in [0.1, 0.15) is 28.6 Å². The van der Waals surface area contributed by atoms with Gasteiger partial charge in [0.1, 0.15) is 12.4 Å². The Kier molecular flexibility index (Phi) is 5.55. The molecular formula is C16H17NO4S. The zero-order valence-electron chi connectivity index (χ0n) is 12.1. The average molecular weight is 319 g/mol. The van der Waals surface area contributed by atoms with Gasteiger partial charge in [0, 0.05) is 16.5 Å². The van der Waals surface area contributed by atoms with Gasteiger partial charge in [0.05, 0.1) is 6.42 Å². The first-order valence-corrected chi connectivity index (χ1v) is 7.70. The molecule has 0 aliphatic heterocycles. The van der Waals surface area contributed by atoms with Crippen molar-refractivity contribution in [1.29, 1.82) is 0 Å². The van der Waals surface area contributed by atoms with E-state index in [1.807, 2.05) is 17.5 Å². The first kappa shape index (κ1) is 16.0. The molecule has 0 bridgehead atoms. The molecule has 22 heavy (non-hydrogen) atoms. The van der Waals surface area contributed by atoms with Crippen molar-refractivity contribution >= 4 is 23.2 Å².